The molecule has 1 N–H and O–H groups in total. The van der Waals surface area contributed by atoms with Crippen molar-refractivity contribution in [2.75, 3.05) is 0 Å². The van der Waals surface area contributed by atoms with Gasteiger partial charge in [0.05, 0.1) is 4.91 Å². The van der Waals surface area contributed by atoms with Crippen molar-refractivity contribution in [3.05, 3.63) is 34.7 Å². The van der Waals surface area contributed by atoms with Gasteiger partial charge in [0.2, 0.25) is 0 Å². The minimum Gasteiger partial charge on any atom is -0.433 e. The molecule has 1 heterocycles. The number of ether oxygens (including phenoxy) is 1. The number of benzene rings is 1. The molecule has 0 saturated carbocycles. The van der Waals surface area contributed by atoms with E-state index in [-0.39, 0.29) is 10.7 Å². The van der Waals surface area contributed by atoms with Gasteiger partial charge in [0.25, 0.3) is 11.1 Å². The SMILES string of the molecule is CC(F)(F)Oc1ccc(C=C2SC(=O)NC2=O)cc1. The summed E-state index contributed by atoms with van der Waals surface area (Å²) in [5, 5.41) is 1.69. The monoisotopic (exact) mass is 285 g/mol. The predicted octanol–water partition coefficient (Wildman–Crippen LogP) is 3.00. The normalized spacial score (nSPS) is 17.7. The van der Waals surface area contributed by atoms with E-state index >= 15 is 0 Å². The van der Waals surface area contributed by atoms with Crippen LogP contribution in [0.1, 0.15) is 12.5 Å². The van der Waals surface area contributed by atoms with Crippen LogP contribution in [0.25, 0.3) is 6.08 Å². The van der Waals surface area contributed by atoms with Crippen LogP contribution in [0.2, 0.25) is 0 Å². The van der Waals surface area contributed by atoms with Gasteiger partial charge in [-0.3, -0.25) is 14.9 Å². The van der Waals surface area contributed by atoms with Crippen molar-refractivity contribution in [2.24, 2.45) is 0 Å². The van der Waals surface area contributed by atoms with Gasteiger partial charge in [-0.25, -0.2) is 0 Å². The topological polar surface area (TPSA) is 55.4 Å². The minimum absolute atomic E-state index is 0.0225. The molecule has 1 aliphatic rings. The number of carbonyl (C=O) groups excluding carboxylic acids is 2. The lowest BCUT2D eigenvalue weighted by molar-refractivity contribution is -0.158. The predicted molar refractivity (Wildman–Crippen MR) is 66.8 cm³/mol. The van der Waals surface area contributed by atoms with Gasteiger partial charge in [0, 0.05) is 6.92 Å². The minimum atomic E-state index is -3.24. The number of hydrogen-bond donors (Lipinski definition) is 1. The largest absolute Gasteiger partial charge is 0.433 e. The molecule has 0 radical (unpaired) electrons. The van der Waals surface area contributed by atoms with Gasteiger partial charge >= 0.3 is 6.11 Å². The Hall–Kier alpha value is -1.89. The number of imide groups is 1. The van der Waals surface area contributed by atoms with Crippen LogP contribution < -0.4 is 10.1 Å². The van der Waals surface area contributed by atoms with E-state index in [9.17, 15) is 18.4 Å². The van der Waals surface area contributed by atoms with Gasteiger partial charge in [-0.1, -0.05) is 12.1 Å². The summed E-state index contributed by atoms with van der Waals surface area (Å²) < 4.78 is 29.6. The first-order chi connectivity index (χ1) is 8.83. The zero-order valence-corrected chi connectivity index (χ0v) is 10.6. The number of alkyl halides is 2. The highest BCUT2D eigenvalue weighted by atomic mass is 32.2. The molecule has 1 aliphatic heterocycles. The van der Waals surface area contributed by atoms with Crippen LogP contribution >= 0.6 is 11.8 Å². The number of nitrogens with one attached hydrogen (secondary N) is 1. The lowest BCUT2D eigenvalue weighted by Gasteiger charge is -2.12. The molecule has 2 amide bonds. The van der Waals surface area contributed by atoms with Crippen LogP contribution in [0.4, 0.5) is 13.6 Å². The smallest absolute Gasteiger partial charge is 0.394 e. The summed E-state index contributed by atoms with van der Waals surface area (Å²) in [4.78, 5) is 22.5. The number of hydrogen-bond acceptors (Lipinski definition) is 4. The Morgan fingerprint density at radius 2 is 1.89 bits per heavy atom. The molecule has 7 heteroatoms. The number of amides is 2. The van der Waals surface area contributed by atoms with Crippen LogP contribution in [-0.2, 0) is 4.79 Å². The zero-order valence-electron chi connectivity index (χ0n) is 9.78. The van der Waals surface area contributed by atoms with Crippen LogP contribution in [0.15, 0.2) is 29.2 Å². The molecule has 2 rings (SSSR count). The zero-order chi connectivity index (χ0) is 14.0. The second-order valence-electron chi connectivity index (χ2n) is 3.83. The molecule has 4 nitrogen and oxygen atoms in total. The maximum Gasteiger partial charge on any atom is 0.394 e. The van der Waals surface area contributed by atoms with E-state index in [1.54, 1.807) is 0 Å². The van der Waals surface area contributed by atoms with Gasteiger partial charge in [0.1, 0.15) is 5.75 Å². The molecule has 0 aromatic heterocycles. The van der Waals surface area contributed by atoms with Gasteiger partial charge in [-0.05, 0) is 35.5 Å². The molecule has 19 heavy (non-hydrogen) atoms. The molecule has 0 unspecified atom stereocenters. The van der Waals surface area contributed by atoms with Crippen molar-refractivity contribution in [1.29, 1.82) is 0 Å². The summed E-state index contributed by atoms with van der Waals surface area (Å²) in [6.45, 7) is 0.647. The molecule has 1 aromatic rings. The maximum atomic E-state index is 12.6. The third-order valence-electron chi connectivity index (χ3n) is 2.12. The van der Waals surface area contributed by atoms with Crippen LogP contribution in [0, 0.1) is 0 Å². The summed E-state index contributed by atoms with van der Waals surface area (Å²) >= 11 is 0.793. The summed E-state index contributed by atoms with van der Waals surface area (Å²) in [7, 11) is 0. The van der Waals surface area contributed by atoms with E-state index in [1.165, 1.54) is 30.3 Å². The van der Waals surface area contributed by atoms with Crippen molar-refractivity contribution in [3.8, 4) is 5.75 Å². The summed E-state index contributed by atoms with van der Waals surface area (Å²) in [6.07, 6.45) is -1.74. The lowest BCUT2D eigenvalue weighted by atomic mass is 10.2. The van der Waals surface area contributed by atoms with Crippen molar-refractivity contribution in [1.82, 2.24) is 5.32 Å². The molecule has 0 atom stereocenters. The first kappa shape index (κ1) is 13.5. The molecule has 0 spiro atoms. The molecule has 1 aromatic carbocycles. The lowest BCUT2D eigenvalue weighted by Crippen LogP contribution is -2.18. The van der Waals surface area contributed by atoms with E-state index in [2.05, 4.69) is 10.1 Å². The van der Waals surface area contributed by atoms with E-state index in [0.29, 0.717) is 12.5 Å². The Kier molecular flexibility index (Phi) is 3.57. The Bertz CT molecular complexity index is 549. The van der Waals surface area contributed by atoms with Gasteiger partial charge in [-0.2, -0.15) is 8.78 Å². The van der Waals surface area contributed by atoms with Crippen molar-refractivity contribution in [3.63, 3.8) is 0 Å². The standard InChI is InChI=1S/C12H9F2NO3S/c1-12(13,14)18-8-4-2-7(3-5-8)6-9-10(16)15-11(17)19-9/h2-6H,1H3,(H,15,16,17). The highest BCUT2D eigenvalue weighted by Gasteiger charge is 2.25. The quantitative estimate of drug-likeness (QED) is 0.867. The van der Waals surface area contributed by atoms with E-state index < -0.39 is 17.3 Å². The van der Waals surface area contributed by atoms with E-state index in [4.69, 9.17) is 0 Å². The highest BCUT2D eigenvalue weighted by molar-refractivity contribution is 8.18. The summed E-state index contributed by atoms with van der Waals surface area (Å²) in [5.41, 5.74) is 0.610. The molecule has 0 bridgehead atoms. The number of carbonyl (C=O) groups is 2. The van der Waals surface area contributed by atoms with Crippen LogP contribution in [0.3, 0.4) is 0 Å². The van der Waals surface area contributed by atoms with E-state index in [1.807, 2.05) is 0 Å². The molecule has 100 valence electrons. The fourth-order valence-corrected chi connectivity index (χ4v) is 2.09. The van der Waals surface area contributed by atoms with Crippen molar-refractivity contribution < 1.29 is 23.1 Å². The fourth-order valence-electron chi connectivity index (χ4n) is 1.41. The van der Waals surface area contributed by atoms with Crippen LogP contribution in [0.5, 0.6) is 5.75 Å². The molecule has 1 fully saturated rings. The molecule has 0 aliphatic carbocycles. The average molecular weight is 285 g/mol. The first-order valence-corrected chi connectivity index (χ1v) is 6.07. The summed E-state index contributed by atoms with van der Waals surface area (Å²) in [6, 6.07) is 5.77. The second kappa shape index (κ2) is 5.00. The molecular formula is C12H9F2NO3S. The van der Waals surface area contributed by atoms with Crippen molar-refractivity contribution in [2.45, 2.75) is 13.0 Å². The third-order valence-corrected chi connectivity index (χ3v) is 2.93. The van der Waals surface area contributed by atoms with E-state index in [0.717, 1.165) is 11.8 Å². The number of thioether (sulfide) groups is 1. The Balaban J connectivity index is 2.13. The average Bonchev–Trinajstić information content (AvgIpc) is 2.58. The Morgan fingerprint density at radius 1 is 1.26 bits per heavy atom. The van der Waals surface area contributed by atoms with Gasteiger partial charge in [-0.15, -0.1) is 0 Å². The third kappa shape index (κ3) is 3.78. The van der Waals surface area contributed by atoms with Crippen LogP contribution in [-0.4, -0.2) is 17.3 Å². The number of rotatable bonds is 3. The Labute approximate surface area is 111 Å². The maximum absolute atomic E-state index is 12.6. The molecule has 1 saturated heterocycles. The number of halogens is 2. The Morgan fingerprint density at radius 3 is 2.37 bits per heavy atom. The van der Waals surface area contributed by atoms with Crippen molar-refractivity contribution >= 4 is 29.0 Å². The van der Waals surface area contributed by atoms with Gasteiger partial charge in [0.15, 0.2) is 0 Å². The summed E-state index contributed by atoms with van der Waals surface area (Å²) in [5.74, 6) is -0.440. The first-order valence-electron chi connectivity index (χ1n) is 5.25. The molecular weight excluding hydrogens is 276 g/mol. The highest BCUT2D eigenvalue weighted by Crippen LogP contribution is 2.27. The van der Waals surface area contributed by atoms with Gasteiger partial charge < -0.3 is 4.74 Å². The fraction of sp³-hybridized carbons (Fsp3) is 0.167. The second-order valence-corrected chi connectivity index (χ2v) is 4.85.